The van der Waals surface area contributed by atoms with E-state index in [0.717, 1.165) is 18.0 Å². The standard InChI is InChI=1S/C11H18N2OS/c1-9(8-13(2)3)7-12-11(14)10-5-4-6-15-10/h4-6,9H,7-8H2,1-3H3,(H,12,14)/t9-/m1/s1. The maximum Gasteiger partial charge on any atom is 0.261 e. The van der Waals surface area contributed by atoms with Crippen LogP contribution < -0.4 is 5.32 Å². The zero-order valence-corrected chi connectivity index (χ0v) is 10.3. The second-order valence-electron chi connectivity index (χ2n) is 4.05. The molecule has 1 heterocycles. The van der Waals surface area contributed by atoms with Crippen LogP contribution in [0.5, 0.6) is 0 Å². The largest absolute Gasteiger partial charge is 0.351 e. The Kier molecular flexibility index (Phi) is 4.78. The summed E-state index contributed by atoms with van der Waals surface area (Å²) >= 11 is 1.47. The Bertz CT molecular complexity index is 296. The van der Waals surface area contributed by atoms with Crippen molar-refractivity contribution >= 4 is 17.2 Å². The lowest BCUT2D eigenvalue weighted by molar-refractivity contribution is 0.0950. The molecule has 1 rings (SSSR count). The second-order valence-corrected chi connectivity index (χ2v) is 5.00. The molecule has 1 N–H and O–H groups in total. The Morgan fingerprint density at radius 1 is 1.60 bits per heavy atom. The minimum Gasteiger partial charge on any atom is -0.351 e. The molecule has 0 aliphatic heterocycles. The van der Waals surface area contributed by atoms with Gasteiger partial charge in [-0.3, -0.25) is 4.79 Å². The number of nitrogens with zero attached hydrogens (tertiary/aromatic N) is 1. The summed E-state index contributed by atoms with van der Waals surface area (Å²) in [6.45, 7) is 3.86. The van der Waals surface area contributed by atoms with Gasteiger partial charge in [0.1, 0.15) is 0 Å². The van der Waals surface area contributed by atoms with E-state index in [-0.39, 0.29) is 5.91 Å². The van der Waals surface area contributed by atoms with Gasteiger partial charge in [-0.05, 0) is 31.5 Å². The predicted octanol–water partition coefficient (Wildman–Crippen LogP) is 1.68. The maximum absolute atomic E-state index is 11.6. The summed E-state index contributed by atoms with van der Waals surface area (Å²) < 4.78 is 0. The minimum absolute atomic E-state index is 0.0376. The van der Waals surface area contributed by atoms with Crippen molar-refractivity contribution in [1.29, 1.82) is 0 Å². The van der Waals surface area contributed by atoms with Gasteiger partial charge in [-0.15, -0.1) is 11.3 Å². The van der Waals surface area contributed by atoms with Gasteiger partial charge in [0.25, 0.3) is 5.91 Å². The Morgan fingerprint density at radius 3 is 2.87 bits per heavy atom. The van der Waals surface area contributed by atoms with Crippen molar-refractivity contribution in [3.8, 4) is 0 Å². The molecule has 1 amide bonds. The third-order valence-corrected chi connectivity index (χ3v) is 2.90. The van der Waals surface area contributed by atoms with Crippen LogP contribution in [-0.2, 0) is 0 Å². The SMILES string of the molecule is C[C@H](CNC(=O)c1cccs1)CN(C)C. The molecule has 1 aromatic heterocycles. The molecule has 1 atom stereocenters. The zero-order valence-electron chi connectivity index (χ0n) is 9.49. The van der Waals surface area contributed by atoms with E-state index in [1.165, 1.54) is 11.3 Å². The van der Waals surface area contributed by atoms with Gasteiger partial charge in [-0.1, -0.05) is 13.0 Å². The van der Waals surface area contributed by atoms with Crippen molar-refractivity contribution in [2.75, 3.05) is 27.2 Å². The van der Waals surface area contributed by atoms with E-state index < -0.39 is 0 Å². The van der Waals surface area contributed by atoms with E-state index >= 15 is 0 Å². The molecule has 84 valence electrons. The molecule has 4 heteroatoms. The molecule has 0 aliphatic carbocycles. The molecule has 1 aromatic rings. The van der Waals surface area contributed by atoms with E-state index in [9.17, 15) is 4.79 Å². The van der Waals surface area contributed by atoms with E-state index in [1.54, 1.807) is 0 Å². The lowest BCUT2D eigenvalue weighted by Crippen LogP contribution is -2.32. The van der Waals surface area contributed by atoms with Crippen molar-refractivity contribution < 1.29 is 4.79 Å². The molecule has 0 unspecified atom stereocenters. The Labute approximate surface area is 95.1 Å². The normalized spacial score (nSPS) is 12.8. The summed E-state index contributed by atoms with van der Waals surface area (Å²) in [5.41, 5.74) is 0. The van der Waals surface area contributed by atoms with Crippen LogP contribution in [0.3, 0.4) is 0 Å². The Balaban J connectivity index is 2.28. The average molecular weight is 226 g/mol. The summed E-state index contributed by atoms with van der Waals surface area (Å²) in [4.78, 5) is 14.5. The van der Waals surface area contributed by atoms with E-state index in [0.29, 0.717) is 5.92 Å². The lowest BCUT2D eigenvalue weighted by atomic mass is 10.2. The number of hydrogen-bond donors (Lipinski definition) is 1. The number of thiophene rings is 1. The van der Waals surface area contributed by atoms with Crippen LogP contribution in [-0.4, -0.2) is 38.0 Å². The van der Waals surface area contributed by atoms with Gasteiger partial charge in [0.05, 0.1) is 4.88 Å². The predicted molar refractivity (Wildman–Crippen MR) is 64.4 cm³/mol. The number of carbonyl (C=O) groups is 1. The minimum atomic E-state index is 0.0376. The maximum atomic E-state index is 11.6. The van der Waals surface area contributed by atoms with E-state index in [4.69, 9.17) is 0 Å². The van der Waals surface area contributed by atoms with Crippen molar-refractivity contribution in [3.63, 3.8) is 0 Å². The van der Waals surface area contributed by atoms with E-state index in [2.05, 4.69) is 17.1 Å². The molecular formula is C11H18N2OS. The molecule has 0 radical (unpaired) electrons. The molecule has 15 heavy (non-hydrogen) atoms. The van der Waals surface area contributed by atoms with Crippen LogP contribution in [0.2, 0.25) is 0 Å². The molecule has 3 nitrogen and oxygen atoms in total. The van der Waals surface area contributed by atoms with Gasteiger partial charge in [0.2, 0.25) is 0 Å². The molecule has 0 saturated heterocycles. The highest BCUT2D eigenvalue weighted by molar-refractivity contribution is 7.12. The van der Waals surface area contributed by atoms with Crippen LogP contribution in [0.4, 0.5) is 0 Å². The number of amides is 1. The second kappa shape index (κ2) is 5.88. The smallest absolute Gasteiger partial charge is 0.261 e. The molecule has 0 fully saturated rings. The van der Waals surface area contributed by atoms with Gasteiger partial charge >= 0.3 is 0 Å². The molecule has 0 aliphatic rings. The van der Waals surface area contributed by atoms with Crippen molar-refractivity contribution in [2.24, 2.45) is 5.92 Å². The molecule has 0 aromatic carbocycles. The first-order valence-corrected chi connectivity index (χ1v) is 5.94. The average Bonchev–Trinajstić information content (AvgIpc) is 2.65. The van der Waals surface area contributed by atoms with Crippen molar-refractivity contribution in [2.45, 2.75) is 6.92 Å². The van der Waals surface area contributed by atoms with Crippen LogP contribution in [0, 0.1) is 5.92 Å². The van der Waals surface area contributed by atoms with Crippen LogP contribution in [0.15, 0.2) is 17.5 Å². The first-order valence-electron chi connectivity index (χ1n) is 5.06. The van der Waals surface area contributed by atoms with Gasteiger partial charge in [-0.2, -0.15) is 0 Å². The number of hydrogen-bond acceptors (Lipinski definition) is 3. The zero-order chi connectivity index (χ0) is 11.3. The molecule has 0 saturated carbocycles. The lowest BCUT2D eigenvalue weighted by Gasteiger charge is -2.16. The highest BCUT2D eigenvalue weighted by atomic mass is 32.1. The number of nitrogens with one attached hydrogen (secondary N) is 1. The first kappa shape index (κ1) is 12.2. The summed E-state index contributed by atoms with van der Waals surface area (Å²) in [7, 11) is 4.08. The molecule has 0 spiro atoms. The van der Waals surface area contributed by atoms with Crippen LogP contribution in [0.1, 0.15) is 16.6 Å². The third-order valence-electron chi connectivity index (χ3n) is 2.03. The fourth-order valence-corrected chi connectivity index (χ4v) is 2.09. The van der Waals surface area contributed by atoms with Crippen molar-refractivity contribution in [1.82, 2.24) is 10.2 Å². The molecule has 0 bridgehead atoms. The Morgan fingerprint density at radius 2 is 2.33 bits per heavy atom. The van der Waals surface area contributed by atoms with Crippen LogP contribution in [0.25, 0.3) is 0 Å². The molecular weight excluding hydrogens is 208 g/mol. The topological polar surface area (TPSA) is 32.3 Å². The number of carbonyl (C=O) groups excluding carboxylic acids is 1. The highest BCUT2D eigenvalue weighted by Crippen LogP contribution is 2.07. The number of rotatable bonds is 5. The van der Waals surface area contributed by atoms with Gasteiger partial charge < -0.3 is 10.2 Å². The van der Waals surface area contributed by atoms with Gasteiger partial charge in [-0.25, -0.2) is 0 Å². The quantitative estimate of drug-likeness (QED) is 0.828. The summed E-state index contributed by atoms with van der Waals surface area (Å²) in [6.07, 6.45) is 0. The van der Waals surface area contributed by atoms with Gasteiger partial charge in [0.15, 0.2) is 0 Å². The van der Waals surface area contributed by atoms with Crippen molar-refractivity contribution in [3.05, 3.63) is 22.4 Å². The first-order chi connectivity index (χ1) is 7.09. The fraction of sp³-hybridized carbons (Fsp3) is 0.545. The van der Waals surface area contributed by atoms with E-state index in [1.807, 2.05) is 31.6 Å². The summed E-state index contributed by atoms with van der Waals surface area (Å²) in [5.74, 6) is 0.513. The van der Waals surface area contributed by atoms with Crippen LogP contribution >= 0.6 is 11.3 Å². The summed E-state index contributed by atoms with van der Waals surface area (Å²) in [5, 5.41) is 4.85. The third kappa shape index (κ3) is 4.44. The van der Waals surface area contributed by atoms with Gasteiger partial charge in [0, 0.05) is 13.1 Å². The summed E-state index contributed by atoms with van der Waals surface area (Å²) in [6, 6.07) is 3.74. The fourth-order valence-electron chi connectivity index (χ4n) is 1.45. The highest BCUT2D eigenvalue weighted by Gasteiger charge is 2.08. The Hall–Kier alpha value is -0.870. The monoisotopic (exact) mass is 226 g/mol.